The Morgan fingerprint density at radius 3 is 2.25 bits per heavy atom. The Hall–Kier alpha value is -1.33. The molecule has 2 aromatic rings. The number of halogens is 4. The maximum Gasteiger partial charge on any atom is 0.161 e. The molecule has 2 rings (SSSR count). The van der Waals surface area contributed by atoms with Gasteiger partial charge in [0.05, 0.1) is 6.04 Å². The van der Waals surface area contributed by atoms with Gasteiger partial charge in [0.1, 0.15) is 5.82 Å². The topological polar surface area (TPSA) is 12.0 Å². The summed E-state index contributed by atoms with van der Waals surface area (Å²) in [5.41, 5.74) is 1.83. The molecule has 0 saturated carbocycles. The van der Waals surface area contributed by atoms with Crippen molar-refractivity contribution in [3.63, 3.8) is 0 Å². The molecule has 0 aromatic heterocycles. The molecular formula is C15H13BrF3N. The van der Waals surface area contributed by atoms with Gasteiger partial charge in [-0.2, -0.15) is 0 Å². The maximum atomic E-state index is 13.9. The van der Waals surface area contributed by atoms with Crippen LogP contribution < -0.4 is 5.32 Å². The molecule has 0 fully saturated rings. The molecule has 0 heterocycles. The zero-order valence-corrected chi connectivity index (χ0v) is 12.6. The van der Waals surface area contributed by atoms with Crippen molar-refractivity contribution in [1.82, 2.24) is 5.32 Å². The summed E-state index contributed by atoms with van der Waals surface area (Å²) in [6, 6.07) is 6.43. The van der Waals surface area contributed by atoms with E-state index < -0.39 is 23.5 Å². The van der Waals surface area contributed by atoms with E-state index >= 15 is 0 Å². The van der Waals surface area contributed by atoms with Crippen molar-refractivity contribution in [2.45, 2.75) is 13.0 Å². The van der Waals surface area contributed by atoms with Gasteiger partial charge >= 0.3 is 0 Å². The van der Waals surface area contributed by atoms with Gasteiger partial charge < -0.3 is 5.32 Å². The zero-order valence-electron chi connectivity index (χ0n) is 11.0. The smallest absolute Gasteiger partial charge is 0.161 e. The summed E-state index contributed by atoms with van der Waals surface area (Å²) in [7, 11) is 1.64. The summed E-state index contributed by atoms with van der Waals surface area (Å²) in [5.74, 6) is -3.02. The molecule has 0 aliphatic rings. The van der Waals surface area contributed by atoms with Crippen LogP contribution in [0.3, 0.4) is 0 Å². The first kappa shape index (κ1) is 15.1. The molecular weight excluding hydrogens is 331 g/mol. The number of hydrogen-bond donors (Lipinski definition) is 1. The lowest BCUT2D eigenvalue weighted by atomic mass is 9.97. The van der Waals surface area contributed by atoms with E-state index in [1.165, 1.54) is 0 Å². The third-order valence-corrected chi connectivity index (χ3v) is 4.04. The predicted molar refractivity (Wildman–Crippen MR) is 76.1 cm³/mol. The van der Waals surface area contributed by atoms with E-state index in [4.69, 9.17) is 0 Å². The Bertz CT molecular complexity index is 643. The summed E-state index contributed by atoms with van der Waals surface area (Å²) in [6.07, 6.45) is 0. The number of nitrogens with one attached hydrogen (secondary N) is 1. The monoisotopic (exact) mass is 343 g/mol. The van der Waals surface area contributed by atoms with E-state index in [2.05, 4.69) is 21.2 Å². The largest absolute Gasteiger partial charge is 0.309 e. The molecule has 1 unspecified atom stereocenters. The lowest BCUT2D eigenvalue weighted by Crippen LogP contribution is -2.19. The van der Waals surface area contributed by atoms with Crippen LogP contribution in [0.4, 0.5) is 13.2 Å². The van der Waals surface area contributed by atoms with Crippen LogP contribution >= 0.6 is 15.9 Å². The Kier molecular flexibility index (Phi) is 4.50. The maximum absolute atomic E-state index is 13.9. The van der Waals surface area contributed by atoms with Crippen molar-refractivity contribution in [3.8, 4) is 0 Å². The van der Waals surface area contributed by atoms with Crippen LogP contribution in [-0.4, -0.2) is 7.05 Å². The fraction of sp³-hybridized carbons (Fsp3) is 0.200. The molecule has 2 aromatic carbocycles. The second-order valence-corrected chi connectivity index (χ2v) is 5.37. The lowest BCUT2D eigenvalue weighted by Gasteiger charge is -2.19. The van der Waals surface area contributed by atoms with Crippen LogP contribution in [0.1, 0.15) is 22.7 Å². The summed E-state index contributed by atoms with van der Waals surface area (Å²) in [6.45, 7) is 1.90. The Morgan fingerprint density at radius 1 is 1.00 bits per heavy atom. The summed E-state index contributed by atoms with van der Waals surface area (Å²) < 4.78 is 41.2. The van der Waals surface area contributed by atoms with Crippen LogP contribution in [0.5, 0.6) is 0 Å². The number of rotatable bonds is 3. The molecule has 20 heavy (non-hydrogen) atoms. The average Bonchev–Trinajstić information content (AvgIpc) is 2.40. The van der Waals surface area contributed by atoms with Gasteiger partial charge in [-0.15, -0.1) is 0 Å². The molecule has 0 radical (unpaired) electrons. The zero-order chi connectivity index (χ0) is 14.9. The van der Waals surface area contributed by atoms with Gasteiger partial charge in [0, 0.05) is 16.1 Å². The van der Waals surface area contributed by atoms with E-state index in [0.717, 1.165) is 21.7 Å². The number of hydrogen-bond acceptors (Lipinski definition) is 1. The molecule has 0 saturated heterocycles. The van der Waals surface area contributed by atoms with Gasteiger partial charge in [0.2, 0.25) is 0 Å². The first-order valence-electron chi connectivity index (χ1n) is 6.01. The first-order chi connectivity index (χ1) is 9.43. The highest BCUT2D eigenvalue weighted by molar-refractivity contribution is 9.10. The van der Waals surface area contributed by atoms with Gasteiger partial charge in [-0.3, -0.25) is 0 Å². The lowest BCUT2D eigenvalue weighted by molar-refractivity contribution is 0.483. The third kappa shape index (κ3) is 2.88. The van der Waals surface area contributed by atoms with Gasteiger partial charge in [-0.25, -0.2) is 13.2 Å². The first-order valence-corrected chi connectivity index (χ1v) is 6.81. The summed E-state index contributed by atoms with van der Waals surface area (Å²) in [5, 5.41) is 2.92. The van der Waals surface area contributed by atoms with Crippen LogP contribution in [0.15, 0.2) is 34.8 Å². The standard InChI is InChI=1S/C15H13BrF3N/c1-8-5-9(3-4-11(8)16)15(20-2)10-6-13(18)14(19)7-12(10)17/h3-7,15,20H,1-2H3. The van der Waals surface area contributed by atoms with E-state index in [1.807, 2.05) is 19.1 Å². The second-order valence-electron chi connectivity index (χ2n) is 4.52. The minimum absolute atomic E-state index is 0.0770. The van der Waals surface area contributed by atoms with E-state index in [9.17, 15) is 13.2 Å². The molecule has 1 N–H and O–H groups in total. The predicted octanol–water partition coefficient (Wildman–Crippen LogP) is 4.48. The minimum atomic E-state index is -1.19. The Labute approximate surface area is 123 Å². The highest BCUT2D eigenvalue weighted by Crippen LogP contribution is 2.28. The van der Waals surface area contributed by atoms with Gasteiger partial charge in [-0.1, -0.05) is 28.1 Å². The number of benzene rings is 2. The Balaban J connectivity index is 2.52. The van der Waals surface area contributed by atoms with Gasteiger partial charge in [0.15, 0.2) is 11.6 Å². The normalized spacial score (nSPS) is 12.5. The van der Waals surface area contributed by atoms with Crippen molar-refractivity contribution in [1.29, 1.82) is 0 Å². The molecule has 1 atom stereocenters. The summed E-state index contributed by atoms with van der Waals surface area (Å²) >= 11 is 3.39. The van der Waals surface area contributed by atoms with Crippen LogP contribution in [0, 0.1) is 24.4 Å². The Morgan fingerprint density at radius 2 is 1.65 bits per heavy atom. The van der Waals surface area contributed by atoms with Gasteiger partial charge in [0.25, 0.3) is 0 Å². The molecule has 0 amide bonds. The molecule has 0 aliphatic heterocycles. The van der Waals surface area contributed by atoms with E-state index in [0.29, 0.717) is 6.07 Å². The fourth-order valence-corrected chi connectivity index (χ4v) is 2.35. The van der Waals surface area contributed by atoms with Crippen molar-refractivity contribution in [2.75, 3.05) is 7.05 Å². The fourth-order valence-electron chi connectivity index (χ4n) is 2.11. The van der Waals surface area contributed by atoms with E-state index in [1.54, 1.807) is 13.1 Å². The van der Waals surface area contributed by atoms with Crippen LogP contribution in [0.2, 0.25) is 0 Å². The average molecular weight is 344 g/mol. The molecule has 5 heteroatoms. The summed E-state index contributed by atoms with van der Waals surface area (Å²) in [4.78, 5) is 0. The highest BCUT2D eigenvalue weighted by Gasteiger charge is 2.19. The van der Waals surface area contributed by atoms with Crippen LogP contribution in [0.25, 0.3) is 0 Å². The molecule has 106 valence electrons. The molecule has 1 nitrogen and oxygen atoms in total. The van der Waals surface area contributed by atoms with Crippen LogP contribution in [-0.2, 0) is 0 Å². The highest BCUT2D eigenvalue weighted by atomic mass is 79.9. The van der Waals surface area contributed by atoms with Gasteiger partial charge in [-0.05, 0) is 37.2 Å². The molecule has 0 spiro atoms. The molecule has 0 aliphatic carbocycles. The second kappa shape index (κ2) is 5.97. The molecule has 0 bridgehead atoms. The number of aryl methyl sites for hydroxylation is 1. The SMILES string of the molecule is CNC(c1ccc(Br)c(C)c1)c1cc(F)c(F)cc1F. The van der Waals surface area contributed by atoms with Crippen molar-refractivity contribution < 1.29 is 13.2 Å². The van der Waals surface area contributed by atoms with E-state index in [-0.39, 0.29) is 5.56 Å². The van der Waals surface area contributed by atoms with Crippen molar-refractivity contribution in [2.24, 2.45) is 0 Å². The van der Waals surface area contributed by atoms with Crippen molar-refractivity contribution in [3.05, 3.63) is 68.9 Å². The third-order valence-electron chi connectivity index (χ3n) is 3.15. The quantitative estimate of drug-likeness (QED) is 0.810. The minimum Gasteiger partial charge on any atom is -0.309 e. The van der Waals surface area contributed by atoms with Crippen molar-refractivity contribution >= 4 is 15.9 Å².